The number of carbonyl (C=O) groups excluding carboxylic acids is 1. The summed E-state index contributed by atoms with van der Waals surface area (Å²) in [5.41, 5.74) is 4.29. The van der Waals surface area contributed by atoms with Gasteiger partial charge in [-0.15, -0.1) is 0 Å². The van der Waals surface area contributed by atoms with Crippen LogP contribution >= 0.6 is 11.6 Å². The van der Waals surface area contributed by atoms with Crippen LogP contribution in [0.2, 0.25) is 5.02 Å². The Labute approximate surface area is 197 Å². The highest BCUT2D eigenvalue weighted by molar-refractivity contribution is 6.31. The molecule has 3 aromatic rings. The minimum absolute atomic E-state index is 0.127. The number of aromatic hydroxyl groups is 1. The molecule has 5 rings (SSSR count). The molecule has 2 N–H and O–H groups in total. The number of hydrogen-bond acceptors (Lipinski definition) is 5. The first-order valence-corrected chi connectivity index (χ1v) is 11.4. The molecule has 7 heteroatoms. The van der Waals surface area contributed by atoms with Gasteiger partial charge in [0.15, 0.2) is 0 Å². The number of benzene rings is 3. The molecular weight excluding hydrogens is 440 g/mol. The summed E-state index contributed by atoms with van der Waals surface area (Å²) in [4.78, 5) is 15.3. The lowest BCUT2D eigenvalue weighted by atomic mass is 10.1. The molecule has 0 spiro atoms. The maximum atomic E-state index is 13.5. The number of nitrogens with one attached hydrogen (secondary N) is 1. The molecule has 33 heavy (non-hydrogen) atoms. The van der Waals surface area contributed by atoms with E-state index in [9.17, 15) is 9.90 Å². The fraction of sp³-hybridized carbons (Fsp3) is 0.269. The second kappa shape index (κ2) is 9.33. The normalized spacial score (nSPS) is 17.1. The van der Waals surface area contributed by atoms with Crippen LogP contribution in [0.3, 0.4) is 0 Å². The van der Waals surface area contributed by atoms with Crippen molar-refractivity contribution in [2.24, 2.45) is 0 Å². The van der Waals surface area contributed by atoms with Crippen molar-refractivity contribution in [2.45, 2.75) is 32.2 Å². The third-order valence-electron chi connectivity index (χ3n) is 6.06. The molecule has 2 heterocycles. The van der Waals surface area contributed by atoms with Crippen molar-refractivity contribution in [3.05, 3.63) is 87.9 Å². The van der Waals surface area contributed by atoms with Gasteiger partial charge in [-0.3, -0.25) is 4.79 Å². The van der Waals surface area contributed by atoms with E-state index in [-0.39, 0.29) is 35.6 Å². The Hall–Kier alpha value is -3.22. The number of amides is 1. The second-order valence-corrected chi connectivity index (χ2v) is 8.82. The topological polar surface area (TPSA) is 71.0 Å². The van der Waals surface area contributed by atoms with Crippen molar-refractivity contribution in [3.63, 3.8) is 0 Å². The number of ether oxygens (including phenoxy) is 2. The number of rotatable bonds is 6. The Morgan fingerprint density at radius 1 is 1.15 bits per heavy atom. The van der Waals surface area contributed by atoms with Gasteiger partial charge >= 0.3 is 0 Å². The summed E-state index contributed by atoms with van der Waals surface area (Å²) in [6.07, 6.45) is 0.965. The molecule has 1 saturated heterocycles. The van der Waals surface area contributed by atoms with Gasteiger partial charge in [0.25, 0.3) is 5.91 Å². The zero-order valence-electron chi connectivity index (χ0n) is 18.1. The van der Waals surface area contributed by atoms with Crippen LogP contribution in [0.25, 0.3) is 0 Å². The van der Waals surface area contributed by atoms with E-state index in [1.807, 2.05) is 48.5 Å². The van der Waals surface area contributed by atoms with E-state index >= 15 is 0 Å². The monoisotopic (exact) mass is 464 g/mol. The number of phenols is 1. The molecule has 0 aliphatic carbocycles. The molecule has 0 unspecified atom stereocenters. The number of phenolic OH excluding ortho intramolecular Hbond substituents is 1. The summed E-state index contributed by atoms with van der Waals surface area (Å²) in [5, 5.41) is 14.5. The first-order chi connectivity index (χ1) is 16.1. The Morgan fingerprint density at radius 3 is 2.79 bits per heavy atom. The Kier molecular flexibility index (Phi) is 6.11. The molecule has 0 bridgehead atoms. The average molecular weight is 465 g/mol. The smallest absolute Gasteiger partial charge is 0.262 e. The number of nitrogens with zero attached hydrogens (tertiary/aromatic N) is 1. The van der Waals surface area contributed by atoms with E-state index in [0.29, 0.717) is 24.7 Å². The third kappa shape index (κ3) is 4.63. The number of carbonyl (C=O) groups is 1. The van der Waals surface area contributed by atoms with Crippen molar-refractivity contribution in [1.29, 1.82) is 0 Å². The molecule has 0 aromatic heterocycles. The molecule has 1 amide bonds. The maximum absolute atomic E-state index is 13.5. The molecule has 1 atom stereocenters. The molecule has 2 aliphatic rings. The van der Waals surface area contributed by atoms with Gasteiger partial charge in [0.05, 0.1) is 12.6 Å². The van der Waals surface area contributed by atoms with Gasteiger partial charge in [-0.1, -0.05) is 54.1 Å². The SMILES string of the molecule is O=C(c1c(O)cc(Cl)cc1OCc1ccccc1)N1Cc2cccc(N[C@@H]3CCOC3)c2C1. The van der Waals surface area contributed by atoms with E-state index in [4.69, 9.17) is 21.1 Å². The van der Waals surface area contributed by atoms with Gasteiger partial charge in [-0.2, -0.15) is 0 Å². The highest BCUT2D eigenvalue weighted by atomic mass is 35.5. The van der Waals surface area contributed by atoms with Crippen molar-refractivity contribution in [3.8, 4) is 11.5 Å². The predicted molar refractivity (Wildman–Crippen MR) is 127 cm³/mol. The van der Waals surface area contributed by atoms with Crippen molar-refractivity contribution < 1.29 is 19.4 Å². The summed E-state index contributed by atoms with van der Waals surface area (Å²) in [5.74, 6) is -0.210. The fourth-order valence-electron chi connectivity index (χ4n) is 4.36. The lowest BCUT2D eigenvalue weighted by Gasteiger charge is -2.20. The zero-order chi connectivity index (χ0) is 22.8. The quantitative estimate of drug-likeness (QED) is 0.538. The molecule has 3 aromatic carbocycles. The van der Waals surface area contributed by atoms with E-state index in [2.05, 4.69) is 5.32 Å². The number of anilines is 1. The molecular formula is C26H25ClN2O4. The average Bonchev–Trinajstić information content (AvgIpc) is 3.48. The van der Waals surface area contributed by atoms with Crippen LogP contribution in [0.15, 0.2) is 60.7 Å². The maximum Gasteiger partial charge on any atom is 0.262 e. The van der Waals surface area contributed by atoms with Crippen molar-refractivity contribution in [1.82, 2.24) is 4.90 Å². The highest BCUT2D eigenvalue weighted by Gasteiger charge is 2.31. The Bertz CT molecular complexity index is 1160. The minimum Gasteiger partial charge on any atom is -0.507 e. The van der Waals surface area contributed by atoms with Crippen molar-refractivity contribution in [2.75, 3.05) is 18.5 Å². The fourth-order valence-corrected chi connectivity index (χ4v) is 4.56. The van der Waals surface area contributed by atoms with Gasteiger partial charge in [0.2, 0.25) is 0 Å². The van der Waals surface area contributed by atoms with Crippen LogP contribution < -0.4 is 10.1 Å². The summed E-state index contributed by atoms with van der Waals surface area (Å²) in [7, 11) is 0. The molecule has 0 saturated carbocycles. The van der Waals surface area contributed by atoms with E-state index in [1.165, 1.54) is 6.07 Å². The highest BCUT2D eigenvalue weighted by Crippen LogP contribution is 2.37. The molecule has 2 aliphatic heterocycles. The van der Waals surface area contributed by atoms with Crippen LogP contribution in [-0.4, -0.2) is 35.2 Å². The first-order valence-electron chi connectivity index (χ1n) is 11.0. The van der Waals surface area contributed by atoms with E-state index in [1.54, 1.807) is 11.0 Å². The van der Waals surface area contributed by atoms with Gasteiger partial charge in [0.1, 0.15) is 23.7 Å². The zero-order valence-corrected chi connectivity index (χ0v) is 18.8. The van der Waals surface area contributed by atoms with Crippen LogP contribution in [0.1, 0.15) is 33.5 Å². The van der Waals surface area contributed by atoms with E-state index in [0.717, 1.165) is 35.4 Å². The Balaban J connectivity index is 1.38. The number of fused-ring (bicyclic) bond motifs is 1. The molecule has 0 radical (unpaired) electrons. The summed E-state index contributed by atoms with van der Waals surface area (Å²) in [6.45, 7) is 2.63. The second-order valence-electron chi connectivity index (χ2n) is 8.38. The standard InChI is InChI=1S/C26H25ClN2O4/c27-19-11-23(30)25(24(12-19)33-15-17-5-2-1-3-6-17)26(31)29-13-18-7-4-8-22(21(18)14-29)28-20-9-10-32-16-20/h1-8,11-12,20,28,30H,9-10,13-16H2/t20-/m1/s1. The third-order valence-corrected chi connectivity index (χ3v) is 6.28. The van der Waals surface area contributed by atoms with Crippen molar-refractivity contribution >= 4 is 23.2 Å². The van der Waals surface area contributed by atoms with Gasteiger partial charge in [-0.25, -0.2) is 0 Å². The van der Waals surface area contributed by atoms with Gasteiger partial charge in [0, 0.05) is 30.4 Å². The first kappa shape index (κ1) is 21.6. The predicted octanol–water partition coefficient (Wildman–Crippen LogP) is 4.98. The number of hydrogen-bond donors (Lipinski definition) is 2. The van der Waals surface area contributed by atoms with Crippen LogP contribution in [0.5, 0.6) is 11.5 Å². The molecule has 1 fully saturated rings. The largest absolute Gasteiger partial charge is 0.507 e. The minimum atomic E-state index is -0.293. The summed E-state index contributed by atoms with van der Waals surface area (Å²) < 4.78 is 11.4. The number of halogens is 1. The van der Waals surface area contributed by atoms with E-state index < -0.39 is 0 Å². The van der Waals surface area contributed by atoms with Crippen LogP contribution in [0.4, 0.5) is 5.69 Å². The van der Waals surface area contributed by atoms with Crippen LogP contribution in [-0.2, 0) is 24.4 Å². The summed E-state index contributed by atoms with van der Waals surface area (Å²) >= 11 is 6.16. The van der Waals surface area contributed by atoms with Gasteiger partial charge in [-0.05, 0) is 41.3 Å². The van der Waals surface area contributed by atoms with Crippen LogP contribution in [0, 0.1) is 0 Å². The Morgan fingerprint density at radius 2 is 2.00 bits per heavy atom. The van der Waals surface area contributed by atoms with Gasteiger partial charge < -0.3 is 24.8 Å². The lowest BCUT2D eigenvalue weighted by molar-refractivity contribution is 0.0743. The molecule has 170 valence electrons. The lowest BCUT2D eigenvalue weighted by Crippen LogP contribution is -2.26. The molecule has 6 nitrogen and oxygen atoms in total. The summed E-state index contributed by atoms with van der Waals surface area (Å²) in [6, 6.07) is 19.0.